The molecule has 3 heteroatoms. The molecule has 124 valence electrons. The fourth-order valence-electron chi connectivity index (χ4n) is 2.96. The molecule has 0 aliphatic rings. The molecule has 0 saturated carbocycles. The number of hydrogen-bond acceptors (Lipinski definition) is 1. The molecule has 0 heterocycles. The standard InChI is InChI=1S/C21H23NP.BrH/c1-2-18-22-23(19-12-6-3-7-13-19,20-14-8-4-9-15-20)21-16-10-5-11-17-21;/h3-17,22H,2,18H2,1H3;1H/q+1;/p-1. The van der Waals surface area contributed by atoms with Crippen molar-refractivity contribution >= 4 is 23.3 Å². The lowest BCUT2D eigenvalue weighted by molar-refractivity contribution is -0.00000460. The van der Waals surface area contributed by atoms with Gasteiger partial charge in [0.2, 0.25) is 0 Å². The monoisotopic (exact) mass is 399 g/mol. The van der Waals surface area contributed by atoms with Crippen LogP contribution < -0.4 is 38.0 Å². The third kappa shape index (κ3) is 3.78. The highest BCUT2D eigenvalue weighted by atomic mass is 79.9. The maximum atomic E-state index is 3.94. The number of hydrogen-bond donors (Lipinski definition) is 1. The summed E-state index contributed by atoms with van der Waals surface area (Å²) in [5.74, 6) is 0. The first kappa shape index (κ1) is 18.9. The highest BCUT2D eigenvalue weighted by Crippen LogP contribution is 2.50. The second kappa shape index (κ2) is 9.13. The maximum absolute atomic E-state index is 3.94. The third-order valence-electron chi connectivity index (χ3n) is 4.03. The minimum absolute atomic E-state index is 0. The molecule has 3 aromatic rings. The van der Waals surface area contributed by atoms with Crippen LogP contribution in [0, 0.1) is 0 Å². The largest absolute Gasteiger partial charge is 1.00 e. The summed E-state index contributed by atoms with van der Waals surface area (Å²) in [5.41, 5.74) is 0. The van der Waals surface area contributed by atoms with Gasteiger partial charge in [0.15, 0.2) is 7.41 Å². The van der Waals surface area contributed by atoms with E-state index >= 15 is 0 Å². The molecular formula is C21H23BrNP. The number of benzene rings is 3. The molecular weight excluding hydrogens is 377 g/mol. The molecule has 0 amide bonds. The molecule has 0 unspecified atom stereocenters. The lowest BCUT2D eigenvalue weighted by Crippen LogP contribution is -3.00. The quantitative estimate of drug-likeness (QED) is 0.607. The average Bonchev–Trinajstić information content (AvgIpc) is 2.65. The van der Waals surface area contributed by atoms with E-state index in [1.807, 2.05) is 0 Å². The van der Waals surface area contributed by atoms with Crippen LogP contribution in [0.1, 0.15) is 13.3 Å². The average molecular weight is 400 g/mol. The fourth-order valence-corrected chi connectivity index (χ4v) is 6.81. The summed E-state index contributed by atoms with van der Waals surface area (Å²) in [6.07, 6.45) is 1.12. The van der Waals surface area contributed by atoms with Gasteiger partial charge >= 0.3 is 0 Å². The Morgan fingerprint density at radius 3 is 1.25 bits per heavy atom. The zero-order valence-corrected chi connectivity index (χ0v) is 16.4. The summed E-state index contributed by atoms with van der Waals surface area (Å²) in [6, 6.07) is 32.7. The van der Waals surface area contributed by atoms with Gasteiger partial charge in [-0.3, -0.25) is 0 Å². The molecule has 0 aliphatic carbocycles. The van der Waals surface area contributed by atoms with E-state index in [0.717, 1.165) is 13.0 Å². The fraction of sp³-hybridized carbons (Fsp3) is 0.143. The van der Waals surface area contributed by atoms with Crippen LogP contribution in [0.3, 0.4) is 0 Å². The molecule has 0 aliphatic heterocycles. The van der Waals surface area contributed by atoms with Crippen LogP contribution >= 0.6 is 7.41 Å². The van der Waals surface area contributed by atoms with Crippen molar-refractivity contribution in [2.75, 3.05) is 6.54 Å². The Balaban J connectivity index is 0.00000208. The Morgan fingerprint density at radius 2 is 0.958 bits per heavy atom. The van der Waals surface area contributed by atoms with Crippen molar-refractivity contribution < 1.29 is 17.0 Å². The van der Waals surface area contributed by atoms with Gasteiger partial charge in [-0.15, -0.1) is 0 Å². The number of rotatable bonds is 6. The van der Waals surface area contributed by atoms with Crippen LogP contribution in [-0.4, -0.2) is 6.54 Å². The van der Waals surface area contributed by atoms with Gasteiger partial charge in [-0.05, 0) is 42.8 Å². The maximum Gasteiger partial charge on any atom is 0.178 e. The molecule has 24 heavy (non-hydrogen) atoms. The molecule has 0 spiro atoms. The van der Waals surface area contributed by atoms with Crippen LogP contribution in [0.2, 0.25) is 0 Å². The van der Waals surface area contributed by atoms with Crippen LogP contribution in [0.15, 0.2) is 91.0 Å². The van der Waals surface area contributed by atoms with Crippen molar-refractivity contribution in [3.8, 4) is 0 Å². The van der Waals surface area contributed by atoms with Gasteiger partial charge in [0.25, 0.3) is 0 Å². The van der Waals surface area contributed by atoms with E-state index in [1.54, 1.807) is 0 Å². The Bertz CT molecular complexity index is 620. The number of halogens is 1. The van der Waals surface area contributed by atoms with E-state index in [4.69, 9.17) is 0 Å². The first-order valence-corrected chi connectivity index (χ1v) is 9.98. The van der Waals surface area contributed by atoms with Crippen LogP contribution in [0.25, 0.3) is 0 Å². The van der Waals surface area contributed by atoms with Crippen LogP contribution in [-0.2, 0) is 0 Å². The summed E-state index contributed by atoms with van der Waals surface area (Å²) in [6.45, 7) is 3.23. The lowest BCUT2D eigenvalue weighted by atomic mass is 10.4. The van der Waals surface area contributed by atoms with Gasteiger partial charge in [0, 0.05) is 6.54 Å². The van der Waals surface area contributed by atoms with Crippen molar-refractivity contribution in [3.05, 3.63) is 91.0 Å². The molecule has 1 N–H and O–H groups in total. The zero-order chi connectivity index (χ0) is 16.0. The Labute approximate surface area is 156 Å². The van der Waals surface area contributed by atoms with Crippen molar-refractivity contribution in [3.63, 3.8) is 0 Å². The second-order valence-electron chi connectivity index (χ2n) is 5.59. The second-order valence-corrected chi connectivity index (χ2v) is 8.79. The van der Waals surface area contributed by atoms with E-state index in [0.29, 0.717) is 0 Å². The van der Waals surface area contributed by atoms with Crippen molar-refractivity contribution in [1.29, 1.82) is 0 Å². The van der Waals surface area contributed by atoms with Crippen LogP contribution in [0.5, 0.6) is 0 Å². The smallest absolute Gasteiger partial charge is 0.178 e. The normalized spacial score (nSPS) is 10.9. The van der Waals surface area contributed by atoms with Crippen LogP contribution in [0.4, 0.5) is 0 Å². The van der Waals surface area contributed by atoms with Gasteiger partial charge in [-0.1, -0.05) is 61.5 Å². The minimum Gasteiger partial charge on any atom is -1.00 e. The molecule has 3 aromatic carbocycles. The first-order chi connectivity index (χ1) is 11.4. The topological polar surface area (TPSA) is 12.0 Å². The van der Waals surface area contributed by atoms with Gasteiger partial charge < -0.3 is 17.0 Å². The molecule has 0 fully saturated rings. The molecule has 0 aromatic heterocycles. The predicted octanol–water partition coefficient (Wildman–Crippen LogP) is 0.899. The van der Waals surface area contributed by atoms with E-state index in [9.17, 15) is 0 Å². The lowest BCUT2D eigenvalue weighted by Gasteiger charge is -2.27. The highest BCUT2D eigenvalue weighted by molar-refractivity contribution is 7.94. The molecule has 0 atom stereocenters. The SMILES string of the molecule is CCCN[P+](c1ccccc1)(c1ccccc1)c1ccccc1.[Br-]. The van der Waals surface area contributed by atoms with E-state index < -0.39 is 7.41 Å². The van der Waals surface area contributed by atoms with E-state index in [1.165, 1.54) is 15.9 Å². The summed E-state index contributed by atoms with van der Waals surface area (Å²) in [7, 11) is -1.82. The number of nitrogens with one attached hydrogen (secondary N) is 1. The van der Waals surface area contributed by atoms with Crippen molar-refractivity contribution in [1.82, 2.24) is 5.09 Å². The first-order valence-electron chi connectivity index (χ1n) is 8.19. The summed E-state index contributed by atoms with van der Waals surface area (Å²) in [4.78, 5) is 0. The molecule has 0 bridgehead atoms. The third-order valence-corrected chi connectivity index (χ3v) is 7.95. The summed E-state index contributed by atoms with van der Waals surface area (Å²) in [5, 5.41) is 8.08. The Morgan fingerprint density at radius 1 is 0.625 bits per heavy atom. The summed E-state index contributed by atoms with van der Waals surface area (Å²) < 4.78 is 0. The Kier molecular flexibility index (Phi) is 7.17. The highest BCUT2D eigenvalue weighted by Gasteiger charge is 2.45. The van der Waals surface area contributed by atoms with Gasteiger partial charge in [0.05, 0.1) is 0 Å². The predicted molar refractivity (Wildman–Crippen MR) is 103 cm³/mol. The van der Waals surface area contributed by atoms with Gasteiger partial charge in [-0.25, -0.2) is 0 Å². The zero-order valence-electron chi connectivity index (χ0n) is 13.9. The minimum atomic E-state index is -1.82. The molecule has 1 nitrogen and oxygen atoms in total. The van der Waals surface area contributed by atoms with E-state index in [-0.39, 0.29) is 17.0 Å². The van der Waals surface area contributed by atoms with Crippen molar-refractivity contribution in [2.24, 2.45) is 0 Å². The molecule has 3 rings (SSSR count). The van der Waals surface area contributed by atoms with Gasteiger partial charge in [-0.2, -0.15) is 5.09 Å². The van der Waals surface area contributed by atoms with Gasteiger partial charge in [0.1, 0.15) is 15.9 Å². The molecule has 0 saturated heterocycles. The molecule has 0 radical (unpaired) electrons. The van der Waals surface area contributed by atoms with Crippen molar-refractivity contribution in [2.45, 2.75) is 13.3 Å². The van der Waals surface area contributed by atoms with E-state index in [2.05, 4.69) is 103 Å². The Hall–Kier alpha value is -1.47. The summed E-state index contributed by atoms with van der Waals surface area (Å²) >= 11 is 0.